The van der Waals surface area contributed by atoms with Gasteiger partial charge in [-0.3, -0.25) is 0 Å². The Bertz CT molecular complexity index is 400. The number of aromatic nitrogens is 1. The molecule has 0 aromatic carbocycles. The molecule has 0 atom stereocenters. The first-order valence-electron chi connectivity index (χ1n) is 6.85. The minimum Gasteiger partial charge on any atom is -0.481 e. The number of nitrogens with one attached hydrogen (secondary N) is 2. The van der Waals surface area contributed by atoms with Crippen LogP contribution in [0.3, 0.4) is 0 Å². The molecule has 1 saturated carbocycles. The van der Waals surface area contributed by atoms with Crippen molar-refractivity contribution in [1.82, 2.24) is 10.3 Å². The predicted molar refractivity (Wildman–Crippen MR) is 81.6 cm³/mol. The second-order valence-electron chi connectivity index (χ2n) is 4.88. The van der Waals surface area contributed by atoms with Gasteiger partial charge in [-0.2, -0.15) is 0 Å². The minimum atomic E-state index is 0.508. The maximum Gasteiger partial charge on any atom is 0.213 e. The van der Waals surface area contributed by atoms with Gasteiger partial charge in [-0.1, -0.05) is 25.7 Å². The van der Waals surface area contributed by atoms with Crippen molar-refractivity contribution in [2.45, 2.75) is 44.6 Å². The molecule has 0 radical (unpaired) electrons. The van der Waals surface area contributed by atoms with Gasteiger partial charge in [0.2, 0.25) is 5.88 Å². The van der Waals surface area contributed by atoms with Gasteiger partial charge in [0.25, 0.3) is 0 Å². The molecule has 104 valence electrons. The number of methoxy groups -OCH3 is 1. The van der Waals surface area contributed by atoms with Gasteiger partial charge in [-0.25, -0.2) is 4.98 Å². The van der Waals surface area contributed by atoms with Gasteiger partial charge in [-0.15, -0.1) is 0 Å². The molecular formula is C14H21N3OS. The Kier molecular flexibility index (Phi) is 5.39. The minimum absolute atomic E-state index is 0.508. The van der Waals surface area contributed by atoms with Crippen molar-refractivity contribution < 1.29 is 4.74 Å². The molecule has 2 N–H and O–H groups in total. The molecule has 5 heteroatoms. The summed E-state index contributed by atoms with van der Waals surface area (Å²) in [5.41, 5.74) is 0.881. The van der Waals surface area contributed by atoms with E-state index in [1.807, 2.05) is 12.1 Å². The fraction of sp³-hybridized carbons (Fsp3) is 0.571. The van der Waals surface area contributed by atoms with Gasteiger partial charge >= 0.3 is 0 Å². The van der Waals surface area contributed by atoms with E-state index in [0.717, 1.165) is 5.69 Å². The summed E-state index contributed by atoms with van der Waals surface area (Å²) in [5.74, 6) is 0.605. The monoisotopic (exact) mass is 279 g/mol. The Morgan fingerprint density at radius 3 is 2.58 bits per heavy atom. The van der Waals surface area contributed by atoms with Crippen molar-refractivity contribution in [2.24, 2.45) is 0 Å². The summed E-state index contributed by atoms with van der Waals surface area (Å²) >= 11 is 5.34. The van der Waals surface area contributed by atoms with Crippen LogP contribution in [-0.2, 0) is 0 Å². The zero-order valence-electron chi connectivity index (χ0n) is 11.3. The second-order valence-corrected chi connectivity index (χ2v) is 5.28. The van der Waals surface area contributed by atoms with Crippen molar-refractivity contribution in [3.05, 3.63) is 18.3 Å². The fourth-order valence-electron chi connectivity index (χ4n) is 2.35. The fourth-order valence-corrected chi connectivity index (χ4v) is 2.64. The Morgan fingerprint density at radius 1 is 1.26 bits per heavy atom. The highest BCUT2D eigenvalue weighted by molar-refractivity contribution is 7.80. The number of hydrogen-bond acceptors (Lipinski definition) is 3. The Balaban J connectivity index is 1.82. The summed E-state index contributed by atoms with van der Waals surface area (Å²) < 4.78 is 5.02. The molecule has 1 aromatic rings. The summed E-state index contributed by atoms with van der Waals surface area (Å²) in [6.07, 6.45) is 9.43. The van der Waals surface area contributed by atoms with E-state index in [2.05, 4.69) is 15.6 Å². The molecule has 1 fully saturated rings. The zero-order chi connectivity index (χ0) is 13.5. The van der Waals surface area contributed by atoms with E-state index in [0.29, 0.717) is 17.0 Å². The van der Waals surface area contributed by atoms with E-state index >= 15 is 0 Å². The largest absolute Gasteiger partial charge is 0.481 e. The molecule has 0 unspecified atom stereocenters. The van der Waals surface area contributed by atoms with Crippen molar-refractivity contribution in [3.8, 4) is 5.88 Å². The molecule has 0 aliphatic heterocycles. The van der Waals surface area contributed by atoms with Crippen LogP contribution in [0.15, 0.2) is 18.3 Å². The van der Waals surface area contributed by atoms with E-state index in [-0.39, 0.29) is 0 Å². The lowest BCUT2D eigenvalue weighted by Gasteiger charge is -2.18. The quantitative estimate of drug-likeness (QED) is 0.657. The third-order valence-corrected chi connectivity index (χ3v) is 3.61. The Hall–Kier alpha value is -1.36. The summed E-state index contributed by atoms with van der Waals surface area (Å²) in [5, 5.41) is 7.24. The number of anilines is 1. The molecule has 1 aromatic heterocycles. The van der Waals surface area contributed by atoms with E-state index in [9.17, 15) is 0 Å². The number of ether oxygens (including phenoxy) is 1. The van der Waals surface area contributed by atoms with Gasteiger partial charge in [0, 0.05) is 12.1 Å². The number of thiocarbonyl (C=S) groups is 1. The van der Waals surface area contributed by atoms with Crippen molar-refractivity contribution in [2.75, 3.05) is 12.4 Å². The maximum atomic E-state index is 5.34. The smallest absolute Gasteiger partial charge is 0.213 e. The first-order valence-corrected chi connectivity index (χ1v) is 7.26. The molecule has 0 bridgehead atoms. The van der Waals surface area contributed by atoms with Crippen molar-refractivity contribution in [1.29, 1.82) is 0 Å². The average molecular weight is 279 g/mol. The first kappa shape index (κ1) is 14.1. The maximum absolute atomic E-state index is 5.34. The van der Waals surface area contributed by atoms with Crippen LogP contribution in [-0.4, -0.2) is 23.2 Å². The molecule has 0 spiro atoms. The molecule has 0 amide bonds. The summed E-state index contributed by atoms with van der Waals surface area (Å²) in [6.45, 7) is 0. The van der Waals surface area contributed by atoms with Gasteiger partial charge in [-0.05, 0) is 31.1 Å². The molecule has 2 rings (SSSR count). The standard InChI is InChI=1S/C14H21N3OS/c1-18-13-9-8-12(10-15-13)17-14(19)16-11-6-4-2-3-5-7-11/h8-11H,2-7H2,1H3,(H2,16,17,19). The summed E-state index contributed by atoms with van der Waals surface area (Å²) in [6, 6.07) is 4.23. The zero-order valence-corrected chi connectivity index (χ0v) is 12.1. The third-order valence-electron chi connectivity index (χ3n) is 3.39. The highest BCUT2D eigenvalue weighted by atomic mass is 32.1. The predicted octanol–water partition coefficient (Wildman–Crippen LogP) is 3.10. The van der Waals surface area contributed by atoms with E-state index in [4.69, 9.17) is 17.0 Å². The number of rotatable bonds is 3. The van der Waals surface area contributed by atoms with Gasteiger partial charge < -0.3 is 15.4 Å². The molecule has 1 aliphatic rings. The van der Waals surface area contributed by atoms with Crippen molar-refractivity contribution >= 4 is 23.0 Å². The van der Waals surface area contributed by atoms with Crippen LogP contribution in [0.25, 0.3) is 0 Å². The number of nitrogens with zero attached hydrogens (tertiary/aromatic N) is 1. The SMILES string of the molecule is COc1ccc(NC(=S)NC2CCCCCC2)cn1. The van der Waals surface area contributed by atoms with E-state index in [1.54, 1.807) is 13.3 Å². The summed E-state index contributed by atoms with van der Waals surface area (Å²) in [7, 11) is 1.60. The first-order chi connectivity index (χ1) is 9.28. The van der Waals surface area contributed by atoms with Gasteiger partial charge in [0.1, 0.15) is 0 Å². The van der Waals surface area contributed by atoms with Crippen LogP contribution in [0.4, 0.5) is 5.69 Å². The summed E-state index contributed by atoms with van der Waals surface area (Å²) in [4.78, 5) is 4.14. The average Bonchev–Trinajstić information content (AvgIpc) is 2.68. The Labute approximate surface area is 120 Å². The topological polar surface area (TPSA) is 46.2 Å². The van der Waals surface area contributed by atoms with Crippen LogP contribution in [0, 0.1) is 0 Å². The molecule has 19 heavy (non-hydrogen) atoms. The lowest BCUT2D eigenvalue weighted by Crippen LogP contribution is -2.37. The molecule has 1 heterocycles. The lowest BCUT2D eigenvalue weighted by atomic mass is 10.1. The normalized spacial score (nSPS) is 16.5. The van der Waals surface area contributed by atoms with Crippen LogP contribution in [0.1, 0.15) is 38.5 Å². The van der Waals surface area contributed by atoms with Crippen LogP contribution >= 0.6 is 12.2 Å². The highest BCUT2D eigenvalue weighted by Crippen LogP contribution is 2.17. The van der Waals surface area contributed by atoms with Gasteiger partial charge in [0.15, 0.2) is 5.11 Å². The molecular weight excluding hydrogens is 258 g/mol. The lowest BCUT2D eigenvalue weighted by molar-refractivity contribution is 0.398. The van der Waals surface area contributed by atoms with Crippen molar-refractivity contribution in [3.63, 3.8) is 0 Å². The second kappa shape index (κ2) is 7.28. The van der Waals surface area contributed by atoms with Crippen LogP contribution < -0.4 is 15.4 Å². The van der Waals surface area contributed by atoms with E-state index in [1.165, 1.54) is 38.5 Å². The van der Waals surface area contributed by atoms with Gasteiger partial charge in [0.05, 0.1) is 19.0 Å². The number of hydrogen-bond donors (Lipinski definition) is 2. The highest BCUT2D eigenvalue weighted by Gasteiger charge is 2.12. The van der Waals surface area contributed by atoms with Crippen LogP contribution in [0.2, 0.25) is 0 Å². The molecule has 4 nitrogen and oxygen atoms in total. The van der Waals surface area contributed by atoms with E-state index < -0.39 is 0 Å². The molecule has 0 saturated heterocycles. The third kappa shape index (κ3) is 4.67. The Morgan fingerprint density at radius 2 is 2.00 bits per heavy atom. The van der Waals surface area contributed by atoms with Crippen LogP contribution in [0.5, 0.6) is 5.88 Å². The number of pyridine rings is 1. The molecule has 1 aliphatic carbocycles.